The summed E-state index contributed by atoms with van der Waals surface area (Å²) >= 11 is 0. The van der Waals surface area contributed by atoms with Crippen LogP contribution in [0.3, 0.4) is 0 Å². The molecule has 0 fully saturated rings. The van der Waals surface area contributed by atoms with Crippen LogP contribution in [0.5, 0.6) is 5.75 Å². The van der Waals surface area contributed by atoms with Gasteiger partial charge >= 0.3 is 0 Å². The average Bonchev–Trinajstić information content (AvgIpc) is 2.34. The molecule has 1 aromatic rings. The van der Waals surface area contributed by atoms with Crippen LogP contribution in [0, 0.1) is 0 Å². The van der Waals surface area contributed by atoms with Gasteiger partial charge in [0.05, 0.1) is 12.4 Å². The molecular formula is C11H16N2O5S. The molecule has 106 valence electrons. The predicted octanol–water partition coefficient (Wildman–Crippen LogP) is 0.488. The number of carbonyl (C=O) groups excluding carboxylic acids is 1. The highest BCUT2D eigenvalue weighted by Crippen LogP contribution is 2.14. The Balaban J connectivity index is 2.54. The third-order valence-corrected chi connectivity index (χ3v) is 2.95. The van der Waals surface area contributed by atoms with Crippen LogP contribution in [-0.2, 0) is 10.1 Å². The summed E-state index contributed by atoms with van der Waals surface area (Å²) in [4.78, 5) is 15.7. The quantitative estimate of drug-likeness (QED) is 0.558. The third kappa shape index (κ3) is 5.66. The Bertz CT molecular complexity index is 530. The number of nitrogens with one attached hydrogen (secondary N) is 1. The summed E-state index contributed by atoms with van der Waals surface area (Å²) in [6, 6.07) is 3.28. The molecule has 0 aromatic carbocycles. The smallest absolute Gasteiger partial charge is 0.273 e. The molecule has 0 atom stereocenters. The fraction of sp³-hybridized carbons (Fsp3) is 0.455. The number of amides is 1. The summed E-state index contributed by atoms with van der Waals surface area (Å²) in [5.41, 5.74) is 0.149. The third-order valence-electron chi connectivity index (χ3n) is 2.15. The van der Waals surface area contributed by atoms with Gasteiger partial charge in [-0.2, -0.15) is 8.42 Å². The molecule has 19 heavy (non-hydrogen) atoms. The van der Waals surface area contributed by atoms with Crippen LogP contribution in [-0.4, -0.2) is 42.8 Å². The van der Waals surface area contributed by atoms with Crippen molar-refractivity contribution < 1.29 is 22.5 Å². The second-order valence-electron chi connectivity index (χ2n) is 3.68. The van der Waals surface area contributed by atoms with Crippen molar-refractivity contribution in [3.8, 4) is 5.75 Å². The zero-order chi connectivity index (χ0) is 14.3. The SMILES string of the molecule is CCOc1cccnc1C(=O)NCCCS(=O)(=O)O. The number of aromatic nitrogens is 1. The monoisotopic (exact) mass is 288 g/mol. The van der Waals surface area contributed by atoms with E-state index >= 15 is 0 Å². The van der Waals surface area contributed by atoms with Gasteiger partial charge in [0.25, 0.3) is 16.0 Å². The molecule has 0 spiro atoms. The molecule has 0 bridgehead atoms. The lowest BCUT2D eigenvalue weighted by Gasteiger charge is -2.09. The van der Waals surface area contributed by atoms with E-state index in [2.05, 4.69) is 10.3 Å². The first-order chi connectivity index (χ1) is 8.94. The average molecular weight is 288 g/mol. The van der Waals surface area contributed by atoms with Crippen LogP contribution < -0.4 is 10.1 Å². The van der Waals surface area contributed by atoms with E-state index in [1.54, 1.807) is 19.1 Å². The highest BCUT2D eigenvalue weighted by atomic mass is 32.2. The van der Waals surface area contributed by atoms with Gasteiger partial charge in [0, 0.05) is 12.7 Å². The zero-order valence-electron chi connectivity index (χ0n) is 10.5. The molecule has 0 aliphatic heterocycles. The largest absolute Gasteiger partial charge is 0.491 e. The lowest BCUT2D eigenvalue weighted by Crippen LogP contribution is -2.27. The van der Waals surface area contributed by atoms with Crippen molar-refractivity contribution in [1.29, 1.82) is 0 Å². The van der Waals surface area contributed by atoms with Gasteiger partial charge in [-0.1, -0.05) is 0 Å². The standard InChI is InChI=1S/C11H16N2O5S/c1-2-18-9-5-3-6-12-10(9)11(14)13-7-4-8-19(15,16)17/h3,5-6H,2,4,7-8H2,1H3,(H,13,14)(H,15,16,17). The second-order valence-corrected chi connectivity index (χ2v) is 5.25. The molecule has 2 N–H and O–H groups in total. The molecule has 0 aliphatic carbocycles. The Morgan fingerprint density at radius 1 is 1.53 bits per heavy atom. The second kappa shape index (κ2) is 7.05. The normalized spacial score (nSPS) is 11.1. The Morgan fingerprint density at radius 2 is 2.26 bits per heavy atom. The molecule has 0 radical (unpaired) electrons. The van der Waals surface area contributed by atoms with Crippen LogP contribution in [0.1, 0.15) is 23.8 Å². The maximum atomic E-state index is 11.8. The van der Waals surface area contributed by atoms with Crippen molar-refractivity contribution in [3.63, 3.8) is 0 Å². The van der Waals surface area contributed by atoms with E-state index in [0.717, 1.165) is 0 Å². The van der Waals surface area contributed by atoms with Gasteiger partial charge in [-0.25, -0.2) is 4.98 Å². The van der Waals surface area contributed by atoms with Crippen molar-refractivity contribution in [1.82, 2.24) is 10.3 Å². The van der Waals surface area contributed by atoms with E-state index in [0.29, 0.717) is 12.4 Å². The summed E-state index contributed by atoms with van der Waals surface area (Å²) in [6.07, 6.45) is 1.59. The highest BCUT2D eigenvalue weighted by molar-refractivity contribution is 7.85. The minimum atomic E-state index is -4.00. The number of ether oxygens (including phenoxy) is 1. The van der Waals surface area contributed by atoms with Crippen LogP contribution in [0.2, 0.25) is 0 Å². The van der Waals surface area contributed by atoms with E-state index in [-0.39, 0.29) is 18.7 Å². The summed E-state index contributed by atoms with van der Waals surface area (Å²) < 4.78 is 34.8. The van der Waals surface area contributed by atoms with Gasteiger partial charge in [0.1, 0.15) is 0 Å². The van der Waals surface area contributed by atoms with Crippen LogP contribution in [0.25, 0.3) is 0 Å². The highest BCUT2D eigenvalue weighted by Gasteiger charge is 2.13. The first-order valence-electron chi connectivity index (χ1n) is 5.75. The van der Waals surface area contributed by atoms with Crippen molar-refractivity contribution in [3.05, 3.63) is 24.0 Å². The van der Waals surface area contributed by atoms with Gasteiger partial charge < -0.3 is 10.1 Å². The summed E-state index contributed by atoms with van der Waals surface area (Å²) in [6.45, 7) is 2.33. The van der Waals surface area contributed by atoms with E-state index in [1.165, 1.54) is 6.20 Å². The zero-order valence-corrected chi connectivity index (χ0v) is 11.3. The molecule has 0 saturated carbocycles. The Labute approximate surface area is 111 Å². The minimum absolute atomic E-state index is 0.126. The van der Waals surface area contributed by atoms with E-state index in [9.17, 15) is 13.2 Å². The fourth-order valence-electron chi connectivity index (χ4n) is 1.37. The van der Waals surface area contributed by atoms with E-state index < -0.39 is 21.8 Å². The molecule has 1 rings (SSSR count). The number of hydrogen-bond acceptors (Lipinski definition) is 5. The van der Waals surface area contributed by atoms with E-state index in [4.69, 9.17) is 9.29 Å². The molecule has 1 heterocycles. The van der Waals surface area contributed by atoms with Gasteiger partial charge in [-0.15, -0.1) is 0 Å². The Hall–Kier alpha value is -1.67. The first kappa shape index (κ1) is 15.4. The van der Waals surface area contributed by atoms with Crippen molar-refractivity contribution in [2.24, 2.45) is 0 Å². The molecule has 7 nitrogen and oxygen atoms in total. The fourth-order valence-corrected chi connectivity index (χ4v) is 1.88. The maximum Gasteiger partial charge on any atom is 0.273 e. The summed E-state index contributed by atoms with van der Waals surface area (Å²) in [7, 11) is -4.00. The van der Waals surface area contributed by atoms with E-state index in [1.807, 2.05) is 0 Å². The van der Waals surface area contributed by atoms with Crippen molar-refractivity contribution in [2.45, 2.75) is 13.3 Å². The molecule has 0 aliphatic rings. The Morgan fingerprint density at radius 3 is 2.89 bits per heavy atom. The molecule has 1 aromatic heterocycles. The molecule has 0 unspecified atom stereocenters. The number of nitrogens with zero attached hydrogens (tertiary/aromatic N) is 1. The van der Waals surface area contributed by atoms with Crippen LogP contribution >= 0.6 is 0 Å². The first-order valence-corrected chi connectivity index (χ1v) is 7.36. The lowest BCUT2D eigenvalue weighted by atomic mass is 10.3. The van der Waals surface area contributed by atoms with Crippen LogP contribution in [0.15, 0.2) is 18.3 Å². The number of pyridine rings is 1. The maximum absolute atomic E-state index is 11.8. The predicted molar refractivity (Wildman–Crippen MR) is 68.8 cm³/mol. The lowest BCUT2D eigenvalue weighted by molar-refractivity contribution is 0.0944. The summed E-state index contributed by atoms with van der Waals surface area (Å²) in [5.74, 6) is -0.468. The Kier molecular flexibility index (Phi) is 5.71. The van der Waals surface area contributed by atoms with Crippen LogP contribution in [0.4, 0.5) is 0 Å². The van der Waals surface area contributed by atoms with Crippen molar-refractivity contribution in [2.75, 3.05) is 18.9 Å². The van der Waals surface area contributed by atoms with Gasteiger partial charge in [0.15, 0.2) is 11.4 Å². The minimum Gasteiger partial charge on any atom is -0.491 e. The molecule has 1 amide bonds. The number of hydrogen-bond donors (Lipinski definition) is 2. The number of rotatable bonds is 7. The van der Waals surface area contributed by atoms with Gasteiger partial charge in [-0.05, 0) is 25.5 Å². The van der Waals surface area contributed by atoms with Gasteiger partial charge in [-0.3, -0.25) is 9.35 Å². The van der Waals surface area contributed by atoms with Crippen molar-refractivity contribution >= 4 is 16.0 Å². The topological polar surface area (TPSA) is 106 Å². The summed E-state index contributed by atoms with van der Waals surface area (Å²) in [5, 5.41) is 2.51. The molecular weight excluding hydrogens is 272 g/mol. The number of carbonyl (C=O) groups is 1. The molecule has 0 saturated heterocycles. The van der Waals surface area contributed by atoms with Gasteiger partial charge in [0.2, 0.25) is 0 Å². The molecule has 8 heteroatoms.